The van der Waals surface area contributed by atoms with E-state index in [0.717, 1.165) is 10.0 Å². The van der Waals surface area contributed by atoms with Gasteiger partial charge < -0.3 is 18.9 Å². The molecule has 0 saturated heterocycles. The molecule has 0 spiro atoms. The summed E-state index contributed by atoms with van der Waals surface area (Å²) in [7, 11) is 6.22. The highest BCUT2D eigenvalue weighted by molar-refractivity contribution is 9.10. The summed E-state index contributed by atoms with van der Waals surface area (Å²) in [5.74, 6) is 2.18. The number of benzene rings is 2. The van der Waals surface area contributed by atoms with Crippen molar-refractivity contribution in [1.29, 1.82) is 0 Å². The number of allylic oxidation sites excluding steroid dienone is 1. The van der Waals surface area contributed by atoms with Crippen LogP contribution < -0.4 is 18.9 Å². The molecule has 132 valence electrons. The highest BCUT2D eigenvalue weighted by atomic mass is 79.9. The Morgan fingerprint density at radius 3 is 1.92 bits per heavy atom. The van der Waals surface area contributed by atoms with Crippen LogP contribution in [-0.2, 0) is 0 Å². The Morgan fingerprint density at radius 1 is 0.840 bits per heavy atom. The minimum atomic E-state index is -0.151. The standard InChI is InChI=1S/C19H19BrO5/c1-22-15-8-6-13(11-16(15)23-2)14(21)7-5-12-9-17(24-3)19(20)18(10-12)25-4/h5-11H,1-4H3/b7-5+. The fourth-order valence-corrected chi connectivity index (χ4v) is 2.80. The van der Waals surface area contributed by atoms with Crippen molar-refractivity contribution in [3.8, 4) is 23.0 Å². The van der Waals surface area contributed by atoms with Gasteiger partial charge in [-0.3, -0.25) is 4.79 Å². The highest BCUT2D eigenvalue weighted by Gasteiger charge is 2.10. The number of halogens is 1. The summed E-state index contributed by atoms with van der Waals surface area (Å²) in [5.41, 5.74) is 1.29. The number of carbonyl (C=O) groups excluding carboxylic acids is 1. The molecule has 0 aliphatic rings. The summed E-state index contributed by atoms with van der Waals surface area (Å²) in [4.78, 5) is 12.4. The van der Waals surface area contributed by atoms with Gasteiger partial charge in [-0.25, -0.2) is 0 Å². The number of hydrogen-bond donors (Lipinski definition) is 0. The van der Waals surface area contributed by atoms with Gasteiger partial charge in [-0.1, -0.05) is 6.08 Å². The lowest BCUT2D eigenvalue weighted by Crippen LogP contribution is -1.97. The Labute approximate surface area is 155 Å². The average molecular weight is 407 g/mol. The van der Waals surface area contributed by atoms with E-state index in [4.69, 9.17) is 18.9 Å². The van der Waals surface area contributed by atoms with Gasteiger partial charge in [0, 0.05) is 5.56 Å². The first-order valence-electron chi connectivity index (χ1n) is 7.40. The summed E-state index contributed by atoms with van der Waals surface area (Å²) in [6.07, 6.45) is 3.19. The van der Waals surface area contributed by atoms with Gasteiger partial charge in [-0.2, -0.15) is 0 Å². The maximum atomic E-state index is 12.4. The molecule has 0 atom stereocenters. The molecule has 0 fully saturated rings. The fourth-order valence-electron chi connectivity index (χ4n) is 2.24. The van der Waals surface area contributed by atoms with Crippen LogP contribution in [0.4, 0.5) is 0 Å². The Balaban J connectivity index is 2.28. The largest absolute Gasteiger partial charge is 0.495 e. The number of carbonyl (C=O) groups is 1. The molecular formula is C19H19BrO5. The van der Waals surface area contributed by atoms with E-state index in [9.17, 15) is 4.79 Å². The second-order valence-corrected chi connectivity index (χ2v) is 5.80. The van der Waals surface area contributed by atoms with E-state index in [2.05, 4.69) is 15.9 Å². The maximum absolute atomic E-state index is 12.4. The van der Waals surface area contributed by atoms with Crippen LogP contribution in [0.3, 0.4) is 0 Å². The zero-order chi connectivity index (χ0) is 18.4. The van der Waals surface area contributed by atoms with Crippen molar-refractivity contribution in [1.82, 2.24) is 0 Å². The van der Waals surface area contributed by atoms with Gasteiger partial charge in [-0.05, 0) is 57.9 Å². The van der Waals surface area contributed by atoms with Crippen molar-refractivity contribution in [3.05, 3.63) is 52.0 Å². The van der Waals surface area contributed by atoms with Gasteiger partial charge in [0.15, 0.2) is 17.3 Å². The Hall–Kier alpha value is -2.47. The summed E-state index contributed by atoms with van der Waals surface area (Å²) in [6, 6.07) is 8.66. The van der Waals surface area contributed by atoms with Crippen molar-refractivity contribution in [2.45, 2.75) is 0 Å². The Bertz CT molecular complexity index is 773. The van der Waals surface area contributed by atoms with Crippen LogP contribution >= 0.6 is 15.9 Å². The first-order valence-corrected chi connectivity index (χ1v) is 8.19. The van der Waals surface area contributed by atoms with Crippen LogP contribution in [0.15, 0.2) is 40.9 Å². The Kier molecular flexibility index (Phi) is 6.47. The molecule has 25 heavy (non-hydrogen) atoms. The van der Waals surface area contributed by atoms with Gasteiger partial charge in [0.2, 0.25) is 0 Å². The molecule has 6 heteroatoms. The molecule has 0 saturated carbocycles. The smallest absolute Gasteiger partial charge is 0.185 e. The first kappa shape index (κ1) is 18.9. The lowest BCUT2D eigenvalue weighted by molar-refractivity contribution is 0.104. The lowest BCUT2D eigenvalue weighted by Gasteiger charge is -2.10. The van der Waals surface area contributed by atoms with Crippen LogP contribution in [-0.4, -0.2) is 34.2 Å². The third kappa shape index (κ3) is 4.33. The predicted molar refractivity (Wildman–Crippen MR) is 100 cm³/mol. The molecule has 0 aliphatic carbocycles. The Morgan fingerprint density at radius 2 is 1.40 bits per heavy atom. The molecule has 0 N–H and O–H groups in total. The normalized spacial score (nSPS) is 10.6. The van der Waals surface area contributed by atoms with Gasteiger partial charge in [0.1, 0.15) is 16.0 Å². The molecule has 2 aromatic carbocycles. The van der Waals surface area contributed by atoms with Crippen molar-refractivity contribution in [2.24, 2.45) is 0 Å². The third-order valence-corrected chi connectivity index (χ3v) is 4.34. The molecule has 0 bridgehead atoms. The van der Waals surface area contributed by atoms with Crippen LogP contribution in [0, 0.1) is 0 Å². The summed E-state index contributed by atoms with van der Waals surface area (Å²) >= 11 is 3.42. The molecule has 5 nitrogen and oxygen atoms in total. The van der Waals surface area contributed by atoms with E-state index in [1.807, 2.05) is 12.1 Å². The van der Waals surface area contributed by atoms with Crippen LogP contribution in [0.2, 0.25) is 0 Å². The minimum absolute atomic E-state index is 0.151. The van der Waals surface area contributed by atoms with E-state index >= 15 is 0 Å². The molecule has 0 aliphatic heterocycles. The topological polar surface area (TPSA) is 54.0 Å². The predicted octanol–water partition coefficient (Wildman–Crippen LogP) is 4.38. The fraction of sp³-hybridized carbons (Fsp3) is 0.211. The summed E-state index contributed by atoms with van der Waals surface area (Å²) < 4.78 is 21.7. The quantitative estimate of drug-likeness (QED) is 0.504. The minimum Gasteiger partial charge on any atom is -0.495 e. The van der Waals surface area contributed by atoms with Gasteiger partial charge in [0.25, 0.3) is 0 Å². The van der Waals surface area contributed by atoms with E-state index in [1.165, 1.54) is 13.2 Å². The summed E-state index contributed by atoms with van der Waals surface area (Å²) in [5, 5.41) is 0. The van der Waals surface area contributed by atoms with Crippen molar-refractivity contribution < 1.29 is 23.7 Å². The van der Waals surface area contributed by atoms with Crippen LogP contribution in [0.25, 0.3) is 6.08 Å². The monoisotopic (exact) mass is 406 g/mol. The second kappa shape index (κ2) is 8.58. The van der Waals surface area contributed by atoms with Gasteiger partial charge in [0.05, 0.1) is 28.4 Å². The average Bonchev–Trinajstić information content (AvgIpc) is 2.66. The number of hydrogen-bond acceptors (Lipinski definition) is 5. The SMILES string of the molecule is COc1ccc(C(=O)/C=C/c2cc(OC)c(Br)c(OC)c2)cc1OC. The van der Waals surface area contributed by atoms with E-state index in [1.54, 1.807) is 45.6 Å². The van der Waals surface area contributed by atoms with Crippen molar-refractivity contribution in [2.75, 3.05) is 28.4 Å². The lowest BCUT2D eigenvalue weighted by atomic mass is 10.1. The molecule has 0 heterocycles. The third-order valence-electron chi connectivity index (χ3n) is 3.56. The van der Waals surface area contributed by atoms with Crippen molar-refractivity contribution >= 4 is 27.8 Å². The zero-order valence-electron chi connectivity index (χ0n) is 14.5. The first-order chi connectivity index (χ1) is 12.0. The van der Waals surface area contributed by atoms with E-state index < -0.39 is 0 Å². The van der Waals surface area contributed by atoms with Gasteiger partial charge >= 0.3 is 0 Å². The molecule has 0 unspecified atom stereocenters. The van der Waals surface area contributed by atoms with E-state index in [-0.39, 0.29) is 5.78 Å². The number of ether oxygens (including phenoxy) is 4. The van der Waals surface area contributed by atoms with Gasteiger partial charge in [-0.15, -0.1) is 0 Å². The molecule has 2 aromatic rings. The number of ketones is 1. The summed E-state index contributed by atoms with van der Waals surface area (Å²) in [6.45, 7) is 0. The highest BCUT2D eigenvalue weighted by Crippen LogP contribution is 2.36. The molecular weight excluding hydrogens is 388 g/mol. The maximum Gasteiger partial charge on any atom is 0.185 e. The molecule has 2 rings (SSSR count). The van der Waals surface area contributed by atoms with Crippen LogP contribution in [0.5, 0.6) is 23.0 Å². The number of methoxy groups -OCH3 is 4. The molecule has 0 amide bonds. The van der Waals surface area contributed by atoms with E-state index in [0.29, 0.717) is 28.6 Å². The molecule has 0 radical (unpaired) electrons. The van der Waals surface area contributed by atoms with Crippen LogP contribution in [0.1, 0.15) is 15.9 Å². The molecule has 0 aromatic heterocycles. The second-order valence-electron chi connectivity index (χ2n) is 5.01. The number of rotatable bonds is 7. The van der Waals surface area contributed by atoms with Crippen molar-refractivity contribution in [3.63, 3.8) is 0 Å². The zero-order valence-corrected chi connectivity index (χ0v) is 16.0.